The molecule has 1 N–H and O–H groups in total. The summed E-state index contributed by atoms with van der Waals surface area (Å²) >= 11 is 0. The van der Waals surface area contributed by atoms with Crippen LogP contribution in [0.4, 0.5) is 0 Å². The van der Waals surface area contributed by atoms with Crippen LogP contribution < -0.4 is 5.32 Å². The van der Waals surface area contributed by atoms with Gasteiger partial charge in [-0.15, -0.1) is 0 Å². The maximum atomic E-state index is 12.7. The molecule has 2 atom stereocenters. The highest BCUT2D eigenvalue weighted by atomic mass is 32.2. The van der Waals surface area contributed by atoms with Crippen molar-refractivity contribution in [3.05, 3.63) is 35.4 Å². The fourth-order valence-corrected chi connectivity index (χ4v) is 5.16. The standard InChI is InChI=1S/C17H27NO2S/c1-3-11-18-16-9-6-10-17(12-16)21(19,20)13-15-8-5-4-7-14(15)2/h4-5,7-8,16-18H,3,6,9-13H2,1-2H3. The summed E-state index contributed by atoms with van der Waals surface area (Å²) in [6.07, 6.45) is 4.80. The quantitative estimate of drug-likeness (QED) is 0.877. The van der Waals surface area contributed by atoms with Gasteiger partial charge < -0.3 is 5.32 Å². The zero-order valence-corrected chi connectivity index (χ0v) is 14.0. The predicted molar refractivity (Wildman–Crippen MR) is 88.1 cm³/mol. The van der Waals surface area contributed by atoms with E-state index in [4.69, 9.17) is 0 Å². The molecule has 0 aromatic heterocycles. The molecule has 0 amide bonds. The second-order valence-electron chi connectivity index (χ2n) is 6.17. The minimum Gasteiger partial charge on any atom is -0.314 e. The highest BCUT2D eigenvalue weighted by Crippen LogP contribution is 2.27. The van der Waals surface area contributed by atoms with E-state index < -0.39 is 9.84 Å². The first kappa shape index (κ1) is 16.5. The fourth-order valence-electron chi connectivity index (χ4n) is 3.11. The van der Waals surface area contributed by atoms with Gasteiger partial charge in [-0.3, -0.25) is 0 Å². The van der Waals surface area contributed by atoms with Crippen LogP contribution >= 0.6 is 0 Å². The molecule has 1 saturated carbocycles. The minimum atomic E-state index is -3.06. The van der Waals surface area contributed by atoms with E-state index in [1.54, 1.807) is 0 Å². The van der Waals surface area contributed by atoms with E-state index in [1.807, 2.05) is 31.2 Å². The molecule has 0 saturated heterocycles. The van der Waals surface area contributed by atoms with Crippen LogP contribution in [0.1, 0.15) is 50.2 Å². The molecule has 118 valence electrons. The van der Waals surface area contributed by atoms with Crippen molar-refractivity contribution in [2.45, 2.75) is 63.0 Å². The van der Waals surface area contributed by atoms with Crippen LogP contribution in [0.25, 0.3) is 0 Å². The molecular formula is C17H27NO2S. The van der Waals surface area contributed by atoms with E-state index in [1.165, 1.54) is 0 Å². The molecule has 1 aromatic carbocycles. The largest absolute Gasteiger partial charge is 0.314 e. The van der Waals surface area contributed by atoms with Gasteiger partial charge in [0.25, 0.3) is 0 Å². The Morgan fingerprint density at radius 1 is 1.24 bits per heavy atom. The van der Waals surface area contributed by atoms with Crippen molar-refractivity contribution in [1.82, 2.24) is 5.32 Å². The Morgan fingerprint density at radius 2 is 2.00 bits per heavy atom. The number of benzene rings is 1. The molecule has 21 heavy (non-hydrogen) atoms. The van der Waals surface area contributed by atoms with Gasteiger partial charge in [-0.2, -0.15) is 0 Å². The number of aryl methyl sites for hydroxylation is 1. The highest BCUT2D eigenvalue weighted by Gasteiger charge is 2.31. The highest BCUT2D eigenvalue weighted by molar-refractivity contribution is 7.91. The van der Waals surface area contributed by atoms with Crippen LogP contribution in [0.2, 0.25) is 0 Å². The van der Waals surface area contributed by atoms with Crippen molar-refractivity contribution in [3.8, 4) is 0 Å². The first-order chi connectivity index (χ1) is 10.0. The number of hydrogen-bond acceptors (Lipinski definition) is 3. The summed E-state index contributed by atoms with van der Waals surface area (Å²) in [5, 5.41) is 3.30. The molecule has 4 heteroatoms. The topological polar surface area (TPSA) is 46.2 Å². The molecule has 1 aliphatic rings. The van der Waals surface area contributed by atoms with Gasteiger partial charge in [-0.05, 0) is 50.3 Å². The average molecular weight is 309 g/mol. The van der Waals surface area contributed by atoms with Gasteiger partial charge >= 0.3 is 0 Å². The van der Waals surface area contributed by atoms with E-state index >= 15 is 0 Å². The second-order valence-corrected chi connectivity index (χ2v) is 8.45. The van der Waals surface area contributed by atoms with E-state index in [0.29, 0.717) is 6.04 Å². The van der Waals surface area contributed by atoms with Crippen LogP contribution in [0.15, 0.2) is 24.3 Å². The SMILES string of the molecule is CCCNC1CCCC(S(=O)(=O)Cc2ccccc2C)C1. The summed E-state index contributed by atoms with van der Waals surface area (Å²) in [6, 6.07) is 8.16. The molecule has 0 radical (unpaired) electrons. The number of nitrogens with one attached hydrogen (secondary N) is 1. The molecule has 1 fully saturated rings. The lowest BCUT2D eigenvalue weighted by Crippen LogP contribution is -2.39. The van der Waals surface area contributed by atoms with Gasteiger partial charge in [0, 0.05) is 6.04 Å². The molecule has 0 spiro atoms. The molecule has 2 unspecified atom stereocenters. The lowest BCUT2D eigenvalue weighted by Gasteiger charge is -2.29. The van der Waals surface area contributed by atoms with Crippen LogP contribution in [-0.2, 0) is 15.6 Å². The fraction of sp³-hybridized carbons (Fsp3) is 0.647. The third kappa shape index (κ3) is 4.55. The van der Waals surface area contributed by atoms with Gasteiger partial charge in [-0.25, -0.2) is 8.42 Å². The van der Waals surface area contributed by atoms with Crippen LogP contribution in [0.3, 0.4) is 0 Å². The normalized spacial score (nSPS) is 23.1. The van der Waals surface area contributed by atoms with Gasteiger partial charge in [0.1, 0.15) is 0 Å². The zero-order chi connectivity index (χ0) is 15.3. The molecule has 0 bridgehead atoms. The van der Waals surface area contributed by atoms with Gasteiger partial charge in [0.15, 0.2) is 9.84 Å². The molecule has 0 heterocycles. The number of rotatable bonds is 6. The van der Waals surface area contributed by atoms with Gasteiger partial charge in [0.05, 0.1) is 11.0 Å². The summed E-state index contributed by atoms with van der Waals surface area (Å²) in [6.45, 7) is 5.11. The Kier molecular flexibility index (Phi) is 5.82. The molecule has 1 aliphatic carbocycles. The molecule has 0 aliphatic heterocycles. The molecule has 2 rings (SSSR count). The smallest absolute Gasteiger partial charge is 0.157 e. The van der Waals surface area contributed by atoms with E-state index in [0.717, 1.165) is 49.8 Å². The third-order valence-corrected chi connectivity index (χ3v) is 6.59. The minimum absolute atomic E-state index is 0.180. The van der Waals surface area contributed by atoms with E-state index in [-0.39, 0.29) is 11.0 Å². The summed E-state index contributed by atoms with van der Waals surface area (Å²) < 4.78 is 25.4. The van der Waals surface area contributed by atoms with Crippen molar-refractivity contribution in [3.63, 3.8) is 0 Å². The van der Waals surface area contributed by atoms with Gasteiger partial charge in [-0.1, -0.05) is 37.6 Å². The van der Waals surface area contributed by atoms with Crippen LogP contribution in [-0.4, -0.2) is 26.3 Å². The first-order valence-electron chi connectivity index (χ1n) is 8.02. The Morgan fingerprint density at radius 3 is 2.71 bits per heavy atom. The van der Waals surface area contributed by atoms with Crippen molar-refractivity contribution in [1.29, 1.82) is 0 Å². The maximum absolute atomic E-state index is 12.7. The monoisotopic (exact) mass is 309 g/mol. The van der Waals surface area contributed by atoms with Crippen molar-refractivity contribution in [2.75, 3.05) is 6.54 Å². The number of hydrogen-bond donors (Lipinski definition) is 1. The van der Waals surface area contributed by atoms with Crippen molar-refractivity contribution < 1.29 is 8.42 Å². The lowest BCUT2D eigenvalue weighted by molar-refractivity contribution is 0.372. The first-order valence-corrected chi connectivity index (χ1v) is 9.74. The Hall–Kier alpha value is -0.870. The van der Waals surface area contributed by atoms with E-state index in [2.05, 4.69) is 12.2 Å². The van der Waals surface area contributed by atoms with Crippen molar-refractivity contribution >= 4 is 9.84 Å². The summed E-state index contributed by atoms with van der Waals surface area (Å²) in [5.74, 6) is 0.185. The second kappa shape index (κ2) is 7.41. The maximum Gasteiger partial charge on any atom is 0.157 e. The summed E-state index contributed by atoms with van der Waals surface area (Å²) in [5.41, 5.74) is 2.01. The van der Waals surface area contributed by atoms with Crippen LogP contribution in [0, 0.1) is 6.92 Å². The predicted octanol–water partition coefficient (Wildman–Crippen LogP) is 3.22. The zero-order valence-electron chi connectivity index (χ0n) is 13.1. The van der Waals surface area contributed by atoms with Gasteiger partial charge in [0.2, 0.25) is 0 Å². The molecule has 1 aromatic rings. The Labute approximate surface area is 129 Å². The lowest BCUT2D eigenvalue weighted by atomic mass is 9.95. The van der Waals surface area contributed by atoms with Crippen LogP contribution in [0.5, 0.6) is 0 Å². The Balaban J connectivity index is 2.03. The number of sulfone groups is 1. The third-order valence-electron chi connectivity index (χ3n) is 4.43. The summed E-state index contributed by atoms with van der Waals surface area (Å²) in [4.78, 5) is 0. The summed E-state index contributed by atoms with van der Waals surface area (Å²) in [7, 11) is -3.06. The van der Waals surface area contributed by atoms with Crippen molar-refractivity contribution in [2.24, 2.45) is 0 Å². The Bertz CT molecular complexity index is 554. The van der Waals surface area contributed by atoms with E-state index in [9.17, 15) is 8.42 Å². The molecular weight excluding hydrogens is 282 g/mol. The average Bonchev–Trinajstić information content (AvgIpc) is 2.48. The molecule has 3 nitrogen and oxygen atoms in total.